The highest BCUT2D eigenvalue weighted by atomic mass is 19.4. The summed E-state index contributed by atoms with van der Waals surface area (Å²) in [6.07, 6.45) is -3.54. The normalized spacial score (nSPS) is 12.0. The number of benzene rings is 1. The fourth-order valence-electron chi connectivity index (χ4n) is 3.07. The van der Waals surface area contributed by atoms with E-state index in [0.29, 0.717) is 16.5 Å². The van der Waals surface area contributed by atoms with E-state index in [1.165, 1.54) is 6.07 Å². The van der Waals surface area contributed by atoms with Crippen LogP contribution >= 0.6 is 0 Å². The van der Waals surface area contributed by atoms with E-state index in [0.717, 1.165) is 28.1 Å². The summed E-state index contributed by atoms with van der Waals surface area (Å²) in [5, 5.41) is 3.95. The van der Waals surface area contributed by atoms with E-state index in [2.05, 4.69) is 5.10 Å². The van der Waals surface area contributed by atoms with Gasteiger partial charge in [0.1, 0.15) is 18.7 Å². The van der Waals surface area contributed by atoms with Crippen molar-refractivity contribution in [2.75, 3.05) is 0 Å². The number of carbonyl (C=O) groups excluding carboxylic acids is 1. The summed E-state index contributed by atoms with van der Waals surface area (Å²) < 4.78 is 49.0. The molecule has 0 radical (unpaired) electrons. The summed E-state index contributed by atoms with van der Waals surface area (Å²) in [7, 11) is 0. The van der Waals surface area contributed by atoms with Crippen LogP contribution in [-0.2, 0) is 28.9 Å². The van der Waals surface area contributed by atoms with Gasteiger partial charge in [0.05, 0.1) is 0 Å². The average Bonchev–Trinajstić information content (AvgIpc) is 3.07. The van der Waals surface area contributed by atoms with E-state index in [1.54, 1.807) is 6.07 Å². The van der Waals surface area contributed by atoms with Crippen molar-refractivity contribution in [3.63, 3.8) is 0 Å². The van der Waals surface area contributed by atoms with Gasteiger partial charge in [-0.05, 0) is 42.2 Å². The zero-order valence-electron chi connectivity index (χ0n) is 16.0. The summed E-state index contributed by atoms with van der Waals surface area (Å²) in [5.74, 6) is -0.538. The van der Waals surface area contributed by atoms with Crippen molar-refractivity contribution in [3.05, 3.63) is 63.3 Å². The van der Waals surface area contributed by atoms with Crippen molar-refractivity contribution in [2.24, 2.45) is 0 Å². The van der Waals surface area contributed by atoms with Gasteiger partial charge in [-0.25, -0.2) is 4.79 Å². The van der Waals surface area contributed by atoms with Gasteiger partial charge >= 0.3 is 17.8 Å². The molecule has 0 aliphatic carbocycles. The number of aryl methyl sites for hydroxylation is 1. The standard InChI is InChI=1S/C20H19F3N2O4/c1-11(2)14-8-15-13(7-18(26)29-16(15)6-12(14)3)10-28-19(27)9-25-5-4-17(24-25)20(21,22)23/h4-8,11H,9-10H2,1-3H3. The number of carbonyl (C=O) groups is 1. The molecule has 3 aromatic rings. The highest BCUT2D eigenvalue weighted by Crippen LogP contribution is 2.28. The van der Waals surface area contributed by atoms with Crippen LogP contribution in [0.15, 0.2) is 39.7 Å². The Hall–Kier alpha value is -3.10. The quantitative estimate of drug-likeness (QED) is 0.468. The number of halogens is 3. The minimum absolute atomic E-state index is 0.213. The van der Waals surface area contributed by atoms with E-state index in [9.17, 15) is 22.8 Å². The van der Waals surface area contributed by atoms with E-state index >= 15 is 0 Å². The Kier molecular flexibility index (Phi) is 5.50. The van der Waals surface area contributed by atoms with Crippen LogP contribution in [0.4, 0.5) is 13.2 Å². The Labute approximate surface area is 163 Å². The van der Waals surface area contributed by atoms with E-state index in [4.69, 9.17) is 9.15 Å². The Morgan fingerprint density at radius 2 is 2.00 bits per heavy atom. The van der Waals surface area contributed by atoms with Gasteiger partial charge in [-0.3, -0.25) is 9.48 Å². The van der Waals surface area contributed by atoms with Crippen molar-refractivity contribution in [1.29, 1.82) is 0 Å². The summed E-state index contributed by atoms with van der Waals surface area (Å²) in [6.45, 7) is 5.29. The molecule has 2 aromatic heterocycles. The van der Waals surface area contributed by atoms with Gasteiger partial charge in [-0.15, -0.1) is 0 Å². The Bertz CT molecular complexity index is 1110. The minimum Gasteiger partial charge on any atom is -0.459 e. The molecule has 0 bridgehead atoms. The first-order chi connectivity index (χ1) is 13.5. The lowest BCUT2D eigenvalue weighted by Crippen LogP contribution is -2.16. The summed E-state index contributed by atoms with van der Waals surface area (Å²) in [4.78, 5) is 23.9. The molecule has 154 valence electrons. The van der Waals surface area contributed by atoms with Crippen molar-refractivity contribution >= 4 is 16.9 Å². The molecule has 0 aliphatic heterocycles. The van der Waals surface area contributed by atoms with Crippen molar-refractivity contribution < 1.29 is 27.1 Å². The molecule has 0 amide bonds. The second-order valence-electron chi connectivity index (χ2n) is 7.01. The molecule has 9 heteroatoms. The highest BCUT2D eigenvalue weighted by molar-refractivity contribution is 5.82. The third-order valence-electron chi connectivity index (χ3n) is 4.45. The maximum Gasteiger partial charge on any atom is 0.435 e. The number of hydrogen-bond donors (Lipinski definition) is 0. The zero-order chi connectivity index (χ0) is 21.3. The molecule has 0 N–H and O–H groups in total. The minimum atomic E-state index is -4.58. The fourth-order valence-corrected chi connectivity index (χ4v) is 3.07. The zero-order valence-corrected chi connectivity index (χ0v) is 16.0. The van der Waals surface area contributed by atoms with Gasteiger partial charge in [0.2, 0.25) is 0 Å². The number of alkyl halides is 3. The van der Waals surface area contributed by atoms with Crippen LogP contribution in [0, 0.1) is 6.92 Å². The molecule has 1 aromatic carbocycles. The molecule has 0 atom stereocenters. The third-order valence-corrected chi connectivity index (χ3v) is 4.45. The van der Waals surface area contributed by atoms with E-state index in [1.807, 2.05) is 26.8 Å². The Morgan fingerprint density at radius 3 is 2.62 bits per heavy atom. The fraction of sp³-hybridized carbons (Fsp3) is 0.350. The molecule has 6 nitrogen and oxygen atoms in total. The first-order valence-electron chi connectivity index (χ1n) is 8.88. The highest BCUT2D eigenvalue weighted by Gasteiger charge is 2.33. The Balaban J connectivity index is 1.79. The largest absolute Gasteiger partial charge is 0.459 e. The van der Waals surface area contributed by atoms with Gasteiger partial charge in [-0.1, -0.05) is 13.8 Å². The monoisotopic (exact) mass is 408 g/mol. The van der Waals surface area contributed by atoms with Gasteiger partial charge in [0.25, 0.3) is 0 Å². The summed E-state index contributed by atoms with van der Waals surface area (Å²) in [6, 6.07) is 5.67. The van der Waals surface area contributed by atoms with Crippen LogP contribution in [-0.4, -0.2) is 15.7 Å². The van der Waals surface area contributed by atoms with Crippen LogP contribution in [0.2, 0.25) is 0 Å². The van der Waals surface area contributed by atoms with E-state index in [-0.39, 0.29) is 12.5 Å². The molecule has 3 rings (SSSR count). The molecule has 0 spiro atoms. The Morgan fingerprint density at radius 1 is 1.28 bits per heavy atom. The van der Waals surface area contributed by atoms with Gasteiger partial charge < -0.3 is 9.15 Å². The van der Waals surface area contributed by atoms with Gasteiger partial charge in [0, 0.05) is 23.2 Å². The lowest BCUT2D eigenvalue weighted by molar-refractivity contribution is -0.147. The molecule has 29 heavy (non-hydrogen) atoms. The van der Waals surface area contributed by atoms with Crippen molar-refractivity contribution in [2.45, 2.75) is 46.0 Å². The maximum atomic E-state index is 12.6. The lowest BCUT2D eigenvalue weighted by atomic mass is 9.95. The third kappa shape index (κ3) is 4.67. The molecule has 0 saturated carbocycles. The van der Waals surface area contributed by atoms with Gasteiger partial charge in [-0.2, -0.15) is 18.3 Å². The first-order valence-corrected chi connectivity index (χ1v) is 8.88. The SMILES string of the molecule is Cc1cc2oc(=O)cc(COC(=O)Cn3ccc(C(F)(F)F)n3)c2cc1C(C)C. The summed E-state index contributed by atoms with van der Waals surface area (Å²) >= 11 is 0. The van der Waals surface area contributed by atoms with Crippen LogP contribution < -0.4 is 5.63 Å². The van der Waals surface area contributed by atoms with Crippen LogP contribution in [0.1, 0.15) is 42.1 Å². The average molecular weight is 408 g/mol. The van der Waals surface area contributed by atoms with Crippen LogP contribution in [0.25, 0.3) is 11.0 Å². The number of nitrogens with zero attached hydrogens (tertiary/aromatic N) is 2. The number of rotatable bonds is 5. The van der Waals surface area contributed by atoms with Crippen molar-refractivity contribution in [1.82, 2.24) is 9.78 Å². The second kappa shape index (κ2) is 7.73. The maximum absolute atomic E-state index is 12.6. The molecule has 0 fully saturated rings. The molecular formula is C20H19F3N2O4. The number of hydrogen-bond acceptors (Lipinski definition) is 5. The molecule has 0 saturated heterocycles. The number of aromatic nitrogens is 2. The van der Waals surface area contributed by atoms with E-state index < -0.39 is 30.0 Å². The molecule has 0 unspecified atom stereocenters. The number of ether oxygens (including phenoxy) is 1. The topological polar surface area (TPSA) is 74.3 Å². The predicted molar refractivity (Wildman–Crippen MR) is 98.3 cm³/mol. The van der Waals surface area contributed by atoms with Crippen LogP contribution in [0.3, 0.4) is 0 Å². The number of fused-ring (bicyclic) bond motifs is 1. The first kappa shape index (κ1) is 20.6. The second-order valence-corrected chi connectivity index (χ2v) is 7.01. The number of esters is 1. The smallest absolute Gasteiger partial charge is 0.435 e. The molecule has 0 aliphatic rings. The molecular weight excluding hydrogens is 389 g/mol. The molecule has 2 heterocycles. The lowest BCUT2D eigenvalue weighted by Gasteiger charge is -2.13. The van der Waals surface area contributed by atoms with Gasteiger partial charge in [0.15, 0.2) is 5.69 Å². The van der Waals surface area contributed by atoms with Crippen LogP contribution in [0.5, 0.6) is 0 Å². The summed E-state index contributed by atoms with van der Waals surface area (Å²) in [5.41, 5.74) is 1.21. The van der Waals surface area contributed by atoms with Crippen molar-refractivity contribution in [3.8, 4) is 0 Å². The predicted octanol–water partition coefficient (Wildman–Crippen LogP) is 4.18.